The number of benzene rings is 2. The summed E-state index contributed by atoms with van der Waals surface area (Å²) in [5.41, 5.74) is 1.75. The van der Waals surface area contributed by atoms with Gasteiger partial charge in [-0.25, -0.2) is 0 Å². The molecule has 0 radical (unpaired) electrons. The maximum Gasteiger partial charge on any atom is 0.311 e. The number of hydrogen-bond donors (Lipinski definition) is 1. The molecule has 1 aliphatic rings. The number of anilines is 2. The molecule has 27 heavy (non-hydrogen) atoms. The first-order chi connectivity index (χ1) is 13.0. The number of hydrogen-bond acceptors (Lipinski definition) is 5. The molecule has 0 spiro atoms. The molecule has 1 atom stereocenters. The third kappa shape index (κ3) is 4.19. The number of nitrogens with one attached hydrogen (secondary N) is 1. The molecule has 1 fully saturated rings. The van der Waals surface area contributed by atoms with Gasteiger partial charge < -0.3 is 15.0 Å². The molecule has 1 saturated heterocycles. The van der Waals surface area contributed by atoms with Crippen LogP contribution >= 0.6 is 0 Å². The molecule has 0 aromatic heterocycles. The molecule has 2 aromatic rings. The predicted molar refractivity (Wildman–Crippen MR) is 105 cm³/mol. The molecule has 142 valence electrons. The largest absolute Gasteiger partial charge is 0.490 e. The highest BCUT2D eigenvalue weighted by molar-refractivity contribution is 6.04. The molecule has 7 nitrogen and oxygen atoms in total. The monoisotopic (exact) mass is 369 g/mol. The van der Waals surface area contributed by atoms with Crippen LogP contribution in [0.4, 0.5) is 17.1 Å². The fourth-order valence-electron chi connectivity index (χ4n) is 3.40. The van der Waals surface area contributed by atoms with Crippen molar-refractivity contribution in [3.8, 4) is 5.75 Å². The van der Waals surface area contributed by atoms with Gasteiger partial charge in [-0.15, -0.1) is 0 Å². The van der Waals surface area contributed by atoms with E-state index in [0.717, 1.165) is 12.2 Å². The topological polar surface area (TPSA) is 84.7 Å². The number of carbonyl (C=O) groups is 1. The molecule has 1 heterocycles. The first-order valence-corrected chi connectivity index (χ1v) is 9.00. The molecule has 3 rings (SSSR count). The van der Waals surface area contributed by atoms with Crippen molar-refractivity contribution < 1.29 is 14.5 Å². The van der Waals surface area contributed by atoms with Crippen LogP contribution in [0.2, 0.25) is 0 Å². The Morgan fingerprint density at radius 1 is 1.22 bits per heavy atom. The minimum atomic E-state index is -0.565. The Labute approximate surface area is 158 Å². The molecule has 0 bridgehead atoms. The third-order valence-corrected chi connectivity index (χ3v) is 4.90. The second kappa shape index (κ2) is 8.07. The van der Waals surface area contributed by atoms with Crippen LogP contribution in [-0.2, 0) is 0 Å². The van der Waals surface area contributed by atoms with E-state index in [2.05, 4.69) is 17.1 Å². The zero-order valence-corrected chi connectivity index (χ0v) is 15.5. The molecule has 7 heteroatoms. The maximum atomic E-state index is 12.4. The average Bonchev–Trinajstić information content (AvgIpc) is 2.68. The smallest absolute Gasteiger partial charge is 0.311 e. The number of nitro groups is 1. The van der Waals surface area contributed by atoms with Crippen molar-refractivity contribution in [2.75, 3.05) is 23.9 Å². The van der Waals surface area contributed by atoms with Gasteiger partial charge in [-0.2, -0.15) is 0 Å². The lowest BCUT2D eigenvalue weighted by molar-refractivity contribution is -0.385. The summed E-state index contributed by atoms with van der Waals surface area (Å²) in [7, 11) is 1.35. The SMILES string of the molecule is COc1ccc(C(=O)Nc2ccc(N3CCCC[C@H]3C)cc2)cc1[N+](=O)[O-]. The molecule has 1 N–H and O–H groups in total. The second-order valence-electron chi connectivity index (χ2n) is 6.68. The highest BCUT2D eigenvalue weighted by atomic mass is 16.6. The minimum absolute atomic E-state index is 0.122. The van der Waals surface area contributed by atoms with E-state index in [4.69, 9.17) is 4.74 Å². The first kappa shape index (κ1) is 18.7. The van der Waals surface area contributed by atoms with E-state index >= 15 is 0 Å². The van der Waals surface area contributed by atoms with Gasteiger partial charge in [0.2, 0.25) is 0 Å². The molecular formula is C20H23N3O4. The molecule has 1 aliphatic heterocycles. The highest BCUT2D eigenvalue weighted by Gasteiger charge is 2.20. The fourth-order valence-corrected chi connectivity index (χ4v) is 3.40. The van der Waals surface area contributed by atoms with Gasteiger partial charge in [0.25, 0.3) is 5.91 Å². The number of rotatable bonds is 5. The van der Waals surface area contributed by atoms with Crippen LogP contribution in [0, 0.1) is 10.1 Å². The zero-order valence-electron chi connectivity index (χ0n) is 15.5. The molecule has 0 aliphatic carbocycles. The average molecular weight is 369 g/mol. The normalized spacial score (nSPS) is 16.7. The molecule has 0 unspecified atom stereocenters. The van der Waals surface area contributed by atoms with Crippen LogP contribution in [0.15, 0.2) is 42.5 Å². The van der Waals surface area contributed by atoms with E-state index in [9.17, 15) is 14.9 Å². The predicted octanol–water partition coefficient (Wildman–Crippen LogP) is 4.23. The van der Waals surface area contributed by atoms with Gasteiger partial charge >= 0.3 is 5.69 Å². The van der Waals surface area contributed by atoms with Crippen molar-refractivity contribution in [3.05, 3.63) is 58.1 Å². The number of nitrogens with zero attached hydrogens (tertiary/aromatic N) is 2. The van der Waals surface area contributed by atoms with Gasteiger partial charge in [0, 0.05) is 35.6 Å². The number of nitro benzene ring substituents is 1. The Hall–Kier alpha value is -3.09. The van der Waals surface area contributed by atoms with Gasteiger partial charge in [0.1, 0.15) is 0 Å². The van der Waals surface area contributed by atoms with Crippen LogP contribution in [0.1, 0.15) is 36.5 Å². The van der Waals surface area contributed by atoms with E-state index in [1.54, 1.807) is 0 Å². The standard InChI is InChI=1S/C20H23N3O4/c1-14-5-3-4-12-22(14)17-9-7-16(8-10-17)21-20(24)15-6-11-19(27-2)18(13-15)23(25)26/h6-11,13-14H,3-5,12H2,1-2H3,(H,21,24)/t14-/m1/s1. The Morgan fingerprint density at radius 2 is 1.96 bits per heavy atom. The van der Waals surface area contributed by atoms with Crippen LogP contribution in [-0.4, -0.2) is 30.5 Å². The summed E-state index contributed by atoms with van der Waals surface area (Å²) < 4.78 is 4.96. The molecule has 0 saturated carbocycles. The van der Waals surface area contributed by atoms with Crippen LogP contribution in [0.3, 0.4) is 0 Å². The number of amides is 1. The second-order valence-corrected chi connectivity index (χ2v) is 6.68. The summed E-state index contributed by atoms with van der Waals surface area (Å²) in [6.45, 7) is 3.27. The van der Waals surface area contributed by atoms with E-state index < -0.39 is 10.8 Å². The van der Waals surface area contributed by atoms with Crippen molar-refractivity contribution >= 4 is 23.0 Å². The third-order valence-electron chi connectivity index (χ3n) is 4.90. The lowest BCUT2D eigenvalue weighted by Gasteiger charge is -2.35. The van der Waals surface area contributed by atoms with Crippen molar-refractivity contribution in [1.29, 1.82) is 0 Å². The van der Waals surface area contributed by atoms with Gasteiger partial charge in [0.05, 0.1) is 12.0 Å². The van der Waals surface area contributed by atoms with Crippen molar-refractivity contribution in [2.45, 2.75) is 32.2 Å². The quantitative estimate of drug-likeness (QED) is 0.629. The number of methoxy groups -OCH3 is 1. The van der Waals surface area contributed by atoms with Crippen molar-refractivity contribution in [1.82, 2.24) is 0 Å². The lowest BCUT2D eigenvalue weighted by atomic mass is 10.0. The lowest BCUT2D eigenvalue weighted by Crippen LogP contribution is -2.37. The maximum absolute atomic E-state index is 12.4. The van der Waals surface area contributed by atoms with Crippen molar-refractivity contribution in [2.24, 2.45) is 0 Å². The van der Waals surface area contributed by atoms with E-state index in [1.807, 2.05) is 24.3 Å². The van der Waals surface area contributed by atoms with Gasteiger partial charge in [-0.05, 0) is 62.6 Å². The van der Waals surface area contributed by atoms with Gasteiger partial charge in [-0.1, -0.05) is 0 Å². The number of ether oxygens (including phenoxy) is 1. The van der Waals surface area contributed by atoms with Gasteiger partial charge in [-0.3, -0.25) is 14.9 Å². The summed E-state index contributed by atoms with van der Waals surface area (Å²) in [6.07, 6.45) is 3.65. The summed E-state index contributed by atoms with van der Waals surface area (Å²) in [5, 5.41) is 13.9. The Morgan fingerprint density at radius 3 is 2.59 bits per heavy atom. The van der Waals surface area contributed by atoms with E-state index in [-0.39, 0.29) is 17.0 Å². The fraction of sp³-hybridized carbons (Fsp3) is 0.350. The van der Waals surface area contributed by atoms with Crippen molar-refractivity contribution in [3.63, 3.8) is 0 Å². The Bertz CT molecular complexity index is 836. The van der Waals surface area contributed by atoms with E-state index in [1.165, 1.54) is 44.6 Å². The number of piperidine rings is 1. The van der Waals surface area contributed by atoms with E-state index in [0.29, 0.717) is 11.7 Å². The zero-order chi connectivity index (χ0) is 19.4. The molecular weight excluding hydrogens is 346 g/mol. The summed E-state index contributed by atoms with van der Waals surface area (Å²) in [4.78, 5) is 25.4. The summed E-state index contributed by atoms with van der Waals surface area (Å²) in [6, 6.07) is 12.4. The number of carbonyl (C=O) groups excluding carboxylic acids is 1. The summed E-state index contributed by atoms with van der Waals surface area (Å²) in [5.74, 6) is -0.281. The minimum Gasteiger partial charge on any atom is -0.490 e. The first-order valence-electron chi connectivity index (χ1n) is 9.00. The van der Waals surface area contributed by atoms with Crippen LogP contribution in [0.5, 0.6) is 5.75 Å². The highest BCUT2D eigenvalue weighted by Crippen LogP contribution is 2.29. The van der Waals surface area contributed by atoms with Crippen LogP contribution in [0.25, 0.3) is 0 Å². The van der Waals surface area contributed by atoms with Gasteiger partial charge in [0.15, 0.2) is 5.75 Å². The van der Waals surface area contributed by atoms with Crippen LogP contribution < -0.4 is 15.0 Å². The summed E-state index contributed by atoms with van der Waals surface area (Å²) >= 11 is 0. The molecule has 2 aromatic carbocycles. The Balaban J connectivity index is 1.72. The molecule has 1 amide bonds. The Kier molecular flexibility index (Phi) is 5.59.